The van der Waals surface area contributed by atoms with Crippen molar-refractivity contribution in [2.45, 2.75) is 65.2 Å². The molecule has 0 unspecified atom stereocenters. The van der Waals surface area contributed by atoms with Crippen molar-refractivity contribution >= 4 is 16.6 Å². The molecule has 2 aromatic rings. The molecule has 0 aromatic heterocycles. The van der Waals surface area contributed by atoms with Gasteiger partial charge in [-0.05, 0) is 68.4 Å². The monoisotopic (exact) mass is 436 g/mol. The summed E-state index contributed by atoms with van der Waals surface area (Å²) in [6.07, 6.45) is 9.27. The molecule has 0 nitrogen and oxygen atoms in total. The second kappa shape index (κ2) is 10.4. The van der Waals surface area contributed by atoms with E-state index in [2.05, 4.69) is 6.92 Å². The van der Waals surface area contributed by atoms with Crippen molar-refractivity contribution in [3.63, 3.8) is 0 Å². The second-order valence-electron chi connectivity index (χ2n) is 8.46. The third kappa shape index (κ3) is 5.02. The first-order valence-electron chi connectivity index (χ1n) is 11.1. The van der Waals surface area contributed by atoms with Crippen LogP contribution in [0, 0.1) is 29.3 Å². The number of fused-ring (bicyclic) bond motifs is 1. The van der Waals surface area contributed by atoms with E-state index in [4.69, 9.17) is 0 Å². The minimum Gasteiger partial charge on any atom is -0.208 e. The highest BCUT2D eigenvalue weighted by Gasteiger charge is 2.29. The predicted molar refractivity (Wildman–Crippen MR) is 116 cm³/mol. The first kappa shape index (κ1) is 23.5. The van der Waals surface area contributed by atoms with E-state index in [-0.39, 0.29) is 10.9 Å². The second-order valence-corrected chi connectivity index (χ2v) is 8.46. The third-order valence-corrected chi connectivity index (χ3v) is 6.37. The van der Waals surface area contributed by atoms with Gasteiger partial charge >= 0.3 is 0 Å². The number of aryl methyl sites for hydroxylation is 1. The number of halogens is 5. The van der Waals surface area contributed by atoms with Gasteiger partial charge in [-0.3, -0.25) is 0 Å². The Balaban J connectivity index is 1.94. The van der Waals surface area contributed by atoms with E-state index in [9.17, 15) is 22.0 Å². The SMILES string of the molecule is C/C=C/CCc1ccc2cc(C(F)=C(F)C3CCC(CCC)CC3)c(F)c(F)c2c1F. The van der Waals surface area contributed by atoms with Crippen LogP contribution >= 0.6 is 0 Å². The van der Waals surface area contributed by atoms with Crippen LogP contribution in [0.4, 0.5) is 22.0 Å². The fourth-order valence-electron chi connectivity index (χ4n) is 4.60. The molecule has 1 aliphatic rings. The summed E-state index contributed by atoms with van der Waals surface area (Å²) in [5.74, 6) is -6.42. The van der Waals surface area contributed by atoms with Gasteiger partial charge in [0.2, 0.25) is 0 Å². The summed E-state index contributed by atoms with van der Waals surface area (Å²) in [7, 11) is 0. The summed E-state index contributed by atoms with van der Waals surface area (Å²) in [6.45, 7) is 3.93. The predicted octanol–water partition coefficient (Wildman–Crippen LogP) is 8.98. The van der Waals surface area contributed by atoms with Gasteiger partial charge in [0.1, 0.15) is 11.6 Å². The topological polar surface area (TPSA) is 0 Å². The molecule has 1 saturated carbocycles. The molecular formula is C26H29F5. The van der Waals surface area contributed by atoms with E-state index in [0.29, 0.717) is 31.6 Å². The molecule has 1 aliphatic carbocycles. The Bertz CT molecular complexity index is 981. The van der Waals surface area contributed by atoms with E-state index in [1.165, 1.54) is 12.1 Å². The molecule has 3 rings (SSSR count). The highest BCUT2D eigenvalue weighted by atomic mass is 19.2. The van der Waals surface area contributed by atoms with Crippen molar-refractivity contribution in [1.29, 1.82) is 0 Å². The number of hydrogen-bond donors (Lipinski definition) is 0. The number of allylic oxidation sites excluding steroid dienone is 3. The first-order valence-corrected chi connectivity index (χ1v) is 11.1. The van der Waals surface area contributed by atoms with Crippen LogP contribution in [0.3, 0.4) is 0 Å². The van der Waals surface area contributed by atoms with Crippen LogP contribution in [0.2, 0.25) is 0 Å². The molecule has 0 atom stereocenters. The molecule has 0 N–H and O–H groups in total. The Kier molecular flexibility index (Phi) is 7.90. The Morgan fingerprint density at radius 3 is 2.35 bits per heavy atom. The maximum absolute atomic E-state index is 14.9. The maximum atomic E-state index is 14.9. The van der Waals surface area contributed by atoms with Gasteiger partial charge in [0.05, 0.1) is 10.9 Å². The van der Waals surface area contributed by atoms with E-state index in [1.54, 1.807) is 0 Å². The van der Waals surface area contributed by atoms with Crippen LogP contribution in [-0.2, 0) is 6.42 Å². The minimum atomic E-state index is -1.55. The lowest BCUT2D eigenvalue weighted by Gasteiger charge is -2.27. The maximum Gasteiger partial charge on any atom is 0.170 e. The van der Waals surface area contributed by atoms with Crippen molar-refractivity contribution < 1.29 is 22.0 Å². The van der Waals surface area contributed by atoms with Crippen molar-refractivity contribution in [3.8, 4) is 0 Å². The summed E-state index contributed by atoms with van der Waals surface area (Å²) >= 11 is 0. The molecule has 0 amide bonds. The van der Waals surface area contributed by atoms with Crippen molar-refractivity contribution in [1.82, 2.24) is 0 Å². The van der Waals surface area contributed by atoms with Crippen LogP contribution in [0.15, 0.2) is 36.2 Å². The van der Waals surface area contributed by atoms with Crippen molar-refractivity contribution in [3.05, 3.63) is 64.8 Å². The van der Waals surface area contributed by atoms with Gasteiger partial charge in [0, 0.05) is 5.92 Å². The zero-order chi connectivity index (χ0) is 22.5. The van der Waals surface area contributed by atoms with Crippen LogP contribution < -0.4 is 0 Å². The molecule has 0 spiro atoms. The van der Waals surface area contributed by atoms with Gasteiger partial charge in [0.25, 0.3) is 0 Å². The quantitative estimate of drug-likeness (QED) is 0.300. The number of rotatable bonds is 7. The molecule has 0 radical (unpaired) electrons. The number of benzene rings is 2. The smallest absolute Gasteiger partial charge is 0.170 e. The lowest BCUT2D eigenvalue weighted by Crippen LogP contribution is -2.15. The molecule has 1 fully saturated rings. The Morgan fingerprint density at radius 1 is 1.00 bits per heavy atom. The van der Waals surface area contributed by atoms with Gasteiger partial charge in [-0.1, -0.05) is 44.1 Å². The largest absolute Gasteiger partial charge is 0.208 e. The van der Waals surface area contributed by atoms with E-state index in [0.717, 1.165) is 31.7 Å². The molecule has 31 heavy (non-hydrogen) atoms. The summed E-state index contributed by atoms with van der Waals surface area (Å²) in [6, 6.07) is 3.91. The fraction of sp³-hybridized carbons (Fsp3) is 0.462. The van der Waals surface area contributed by atoms with Gasteiger partial charge in [-0.2, -0.15) is 0 Å². The normalized spacial score (nSPS) is 20.5. The molecule has 168 valence electrons. The van der Waals surface area contributed by atoms with E-state index in [1.807, 2.05) is 19.1 Å². The lowest BCUT2D eigenvalue weighted by atomic mass is 9.79. The average molecular weight is 437 g/mol. The van der Waals surface area contributed by atoms with Gasteiger partial charge in [-0.15, -0.1) is 0 Å². The van der Waals surface area contributed by atoms with Gasteiger partial charge in [-0.25, -0.2) is 22.0 Å². The highest BCUT2D eigenvalue weighted by molar-refractivity contribution is 5.88. The van der Waals surface area contributed by atoms with E-state index < -0.39 is 46.0 Å². The molecule has 0 saturated heterocycles. The Labute approximate surface area is 180 Å². The first-order chi connectivity index (χ1) is 14.9. The summed E-state index contributed by atoms with van der Waals surface area (Å²) in [4.78, 5) is 0. The van der Waals surface area contributed by atoms with Gasteiger partial charge in [0.15, 0.2) is 17.5 Å². The molecule has 0 heterocycles. The average Bonchev–Trinajstić information content (AvgIpc) is 2.77. The zero-order valence-electron chi connectivity index (χ0n) is 18.1. The van der Waals surface area contributed by atoms with Crippen molar-refractivity contribution in [2.75, 3.05) is 0 Å². The van der Waals surface area contributed by atoms with Crippen LogP contribution in [0.5, 0.6) is 0 Å². The standard InChI is InChI=1S/C26H29F5/c1-3-5-6-8-17-13-14-19-15-20(25(30)26(31)21(19)22(17)27)24(29)23(28)18-11-9-16(7-4-2)10-12-18/h3,5,13-16,18H,4,6-12H2,1-2H3/b5-3+,24-23?. The molecule has 5 heteroatoms. The van der Waals surface area contributed by atoms with Crippen molar-refractivity contribution in [2.24, 2.45) is 11.8 Å². The van der Waals surface area contributed by atoms with Crippen LogP contribution in [0.25, 0.3) is 16.6 Å². The Morgan fingerprint density at radius 2 is 1.71 bits per heavy atom. The summed E-state index contributed by atoms with van der Waals surface area (Å²) in [5, 5.41) is -0.511. The molecule has 0 aliphatic heterocycles. The third-order valence-electron chi connectivity index (χ3n) is 6.37. The molecule has 0 bridgehead atoms. The van der Waals surface area contributed by atoms with Gasteiger partial charge < -0.3 is 0 Å². The fourth-order valence-corrected chi connectivity index (χ4v) is 4.60. The number of hydrogen-bond acceptors (Lipinski definition) is 0. The molecular weight excluding hydrogens is 407 g/mol. The van der Waals surface area contributed by atoms with E-state index >= 15 is 0 Å². The molecule has 2 aromatic carbocycles. The van der Waals surface area contributed by atoms with Crippen LogP contribution in [-0.4, -0.2) is 0 Å². The zero-order valence-corrected chi connectivity index (χ0v) is 18.1. The lowest BCUT2D eigenvalue weighted by molar-refractivity contribution is 0.261. The highest BCUT2D eigenvalue weighted by Crippen LogP contribution is 2.40. The summed E-state index contributed by atoms with van der Waals surface area (Å²) < 4.78 is 74.0. The summed E-state index contributed by atoms with van der Waals surface area (Å²) in [5.41, 5.74) is -0.526. The minimum absolute atomic E-state index is 0.00999. The van der Waals surface area contributed by atoms with Crippen LogP contribution in [0.1, 0.15) is 69.9 Å². The Hall–Kier alpha value is -2.17.